The monoisotopic (exact) mass is 358 g/mol. The standard InChI is InChI=1S/C16H23BrO4/c1-3-20-14-9-12(13(17)10-15(14)21-4-2)16(18)11-5-7-19-8-6-11/h9-11,16,18H,3-8H2,1-2H3. The van der Waals surface area contributed by atoms with Crippen LogP contribution >= 0.6 is 15.9 Å². The number of halogens is 1. The van der Waals surface area contributed by atoms with E-state index in [1.807, 2.05) is 26.0 Å². The van der Waals surface area contributed by atoms with E-state index in [4.69, 9.17) is 14.2 Å². The molecule has 1 saturated heterocycles. The second kappa shape index (κ2) is 8.01. The summed E-state index contributed by atoms with van der Waals surface area (Å²) in [7, 11) is 0. The van der Waals surface area contributed by atoms with E-state index in [9.17, 15) is 5.11 Å². The van der Waals surface area contributed by atoms with E-state index in [1.165, 1.54) is 0 Å². The van der Waals surface area contributed by atoms with Crippen LogP contribution in [0.25, 0.3) is 0 Å². The van der Waals surface area contributed by atoms with Crippen LogP contribution in [-0.2, 0) is 4.74 Å². The van der Waals surface area contributed by atoms with Gasteiger partial charge in [-0.1, -0.05) is 15.9 Å². The number of hydrogen-bond acceptors (Lipinski definition) is 4. The molecule has 5 heteroatoms. The molecule has 1 aliphatic heterocycles. The fourth-order valence-corrected chi connectivity index (χ4v) is 3.16. The smallest absolute Gasteiger partial charge is 0.162 e. The second-order valence-corrected chi connectivity index (χ2v) is 5.94. The molecule has 0 aromatic heterocycles. The van der Waals surface area contributed by atoms with Crippen LogP contribution < -0.4 is 9.47 Å². The van der Waals surface area contributed by atoms with Gasteiger partial charge in [-0.2, -0.15) is 0 Å². The molecule has 1 fully saturated rings. The summed E-state index contributed by atoms with van der Waals surface area (Å²) in [4.78, 5) is 0. The Labute approximate surface area is 134 Å². The minimum absolute atomic E-state index is 0.225. The molecule has 1 atom stereocenters. The van der Waals surface area contributed by atoms with Crippen molar-refractivity contribution in [3.8, 4) is 11.5 Å². The van der Waals surface area contributed by atoms with Gasteiger partial charge in [0.25, 0.3) is 0 Å². The third-order valence-electron chi connectivity index (χ3n) is 3.69. The maximum absolute atomic E-state index is 10.7. The van der Waals surface area contributed by atoms with E-state index >= 15 is 0 Å². The molecule has 0 radical (unpaired) electrons. The Balaban J connectivity index is 2.27. The third kappa shape index (κ3) is 4.11. The van der Waals surface area contributed by atoms with Gasteiger partial charge in [0.05, 0.1) is 19.3 Å². The molecular formula is C16H23BrO4. The van der Waals surface area contributed by atoms with Gasteiger partial charge in [-0.05, 0) is 50.3 Å². The first-order valence-electron chi connectivity index (χ1n) is 7.52. The number of benzene rings is 1. The van der Waals surface area contributed by atoms with Crippen LogP contribution in [0.4, 0.5) is 0 Å². The van der Waals surface area contributed by atoms with Crippen LogP contribution in [0.15, 0.2) is 16.6 Å². The van der Waals surface area contributed by atoms with Gasteiger partial charge < -0.3 is 19.3 Å². The van der Waals surface area contributed by atoms with Gasteiger partial charge >= 0.3 is 0 Å². The zero-order chi connectivity index (χ0) is 15.2. The summed E-state index contributed by atoms with van der Waals surface area (Å²) in [5, 5.41) is 10.7. The molecule has 0 amide bonds. The highest BCUT2D eigenvalue weighted by atomic mass is 79.9. The Morgan fingerprint density at radius 2 is 1.76 bits per heavy atom. The molecule has 1 unspecified atom stereocenters. The molecule has 1 aliphatic rings. The molecule has 1 aromatic carbocycles. The predicted octanol–water partition coefficient (Wildman–Crippen LogP) is 3.71. The molecule has 2 rings (SSSR count). The van der Waals surface area contributed by atoms with Crippen molar-refractivity contribution in [3.05, 3.63) is 22.2 Å². The summed E-state index contributed by atoms with van der Waals surface area (Å²) < 4.78 is 17.5. The molecule has 0 spiro atoms. The van der Waals surface area contributed by atoms with Crippen molar-refractivity contribution in [2.24, 2.45) is 5.92 Å². The fourth-order valence-electron chi connectivity index (χ4n) is 2.60. The third-order valence-corrected chi connectivity index (χ3v) is 4.38. The first-order chi connectivity index (χ1) is 10.2. The van der Waals surface area contributed by atoms with Crippen LogP contribution in [0.3, 0.4) is 0 Å². The van der Waals surface area contributed by atoms with Crippen molar-refractivity contribution in [1.82, 2.24) is 0 Å². The first kappa shape index (κ1) is 16.6. The lowest BCUT2D eigenvalue weighted by Crippen LogP contribution is -2.22. The molecule has 1 aromatic rings. The Kier molecular flexibility index (Phi) is 6.33. The Bertz CT molecular complexity index is 458. The van der Waals surface area contributed by atoms with Gasteiger partial charge in [0.15, 0.2) is 11.5 Å². The summed E-state index contributed by atoms with van der Waals surface area (Å²) in [6.45, 7) is 6.45. The lowest BCUT2D eigenvalue weighted by Gasteiger charge is -2.28. The van der Waals surface area contributed by atoms with Crippen LogP contribution in [0.5, 0.6) is 11.5 Å². The maximum atomic E-state index is 10.7. The van der Waals surface area contributed by atoms with Crippen LogP contribution in [0.2, 0.25) is 0 Å². The van der Waals surface area contributed by atoms with Crippen molar-refractivity contribution in [2.45, 2.75) is 32.8 Å². The molecule has 1 heterocycles. The zero-order valence-electron chi connectivity index (χ0n) is 12.6. The molecular weight excluding hydrogens is 336 g/mol. The number of hydrogen-bond donors (Lipinski definition) is 1. The number of rotatable bonds is 6. The van der Waals surface area contributed by atoms with Gasteiger partial charge in [0.2, 0.25) is 0 Å². The fraction of sp³-hybridized carbons (Fsp3) is 0.625. The minimum atomic E-state index is -0.516. The lowest BCUT2D eigenvalue weighted by atomic mass is 9.89. The highest BCUT2D eigenvalue weighted by molar-refractivity contribution is 9.10. The summed E-state index contributed by atoms with van der Waals surface area (Å²) in [6, 6.07) is 3.77. The van der Waals surface area contributed by atoms with E-state index < -0.39 is 6.10 Å². The van der Waals surface area contributed by atoms with Gasteiger partial charge in [0.1, 0.15) is 0 Å². The van der Waals surface area contributed by atoms with Gasteiger partial charge in [-0.3, -0.25) is 0 Å². The second-order valence-electron chi connectivity index (χ2n) is 5.08. The summed E-state index contributed by atoms with van der Waals surface area (Å²) in [5.74, 6) is 1.61. The Hall–Kier alpha value is -0.780. The lowest BCUT2D eigenvalue weighted by molar-refractivity contribution is 0.00682. The van der Waals surface area contributed by atoms with Crippen molar-refractivity contribution in [3.63, 3.8) is 0 Å². The number of aliphatic hydroxyl groups is 1. The van der Waals surface area contributed by atoms with Gasteiger partial charge in [-0.15, -0.1) is 0 Å². The van der Waals surface area contributed by atoms with Crippen molar-refractivity contribution in [2.75, 3.05) is 26.4 Å². The van der Waals surface area contributed by atoms with Crippen molar-refractivity contribution >= 4 is 15.9 Å². The van der Waals surface area contributed by atoms with E-state index in [-0.39, 0.29) is 5.92 Å². The number of ether oxygens (including phenoxy) is 3. The SMILES string of the molecule is CCOc1cc(Br)c(C(O)C2CCOCC2)cc1OCC. The zero-order valence-corrected chi connectivity index (χ0v) is 14.2. The molecule has 0 saturated carbocycles. The molecule has 118 valence electrons. The highest BCUT2D eigenvalue weighted by Gasteiger charge is 2.26. The summed E-state index contributed by atoms with van der Waals surface area (Å²) >= 11 is 3.54. The number of aliphatic hydroxyl groups excluding tert-OH is 1. The van der Waals surface area contributed by atoms with E-state index in [2.05, 4.69) is 15.9 Å². The summed E-state index contributed by atoms with van der Waals surface area (Å²) in [5.41, 5.74) is 0.855. The average molecular weight is 359 g/mol. The quantitative estimate of drug-likeness (QED) is 0.841. The van der Waals surface area contributed by atoms with Gasteiger partial charge in [-0.25, -0.2) is 0 Å². The highest BCUT2D eigenvalue weighted by Crippen LogP contribution is 2.40. The van der Waals surface area contributed by atoms with Crippen LogP contribution in [0, 0.1) is 5.92 Å². The predicted molar refractivity (Wildman–Crippen MR) is 85.0 cm³/mol. The first-order valence-corrected chi connectivity index (χ1v) is 8.31. The molecule has 1 N–H and O–H groups in total. The average Bonchev–Trinajstić information content (AvgIpc) is 2.50. The van der Waals surface area contributed by atoms with Crippen LogP contribution in [0.1, 0.15) is 38.4 Å². The topological polar surface area (TPSA) is 47.9 Å². The normalized spacial score (nSPS) is 17.5. The van der Waals surface area contributed by atoms with Crippen molar-refractivity contribution in [1.29, 1.82) is 0 Å². The Morgan fingerprint density at radius 3 is 2.33 bits per heavy atom. The molecule has 4 nitrogen and oxygen atoms in total. The minimum Gasteiger partial charge on any atom is -0.490 e. The largest absolute Gasteiger partial charge is 0.490 e. The maximum Gasteiger partial charge on any atom is 0.162 e. The van der Waals surface area contributed by atoms with E-state index in [1.54, 1.807) is 0 Å². The molecule has 0 aliphatic carbocycles. The summed E-state index contributed by atoms with van der Waals surface area (Å²) in [6.07, 6.45) is 1.24. The molecule has 0 bridgehead atoms. The molecule has 21 heavy (non-hydrogen) atoms. The van der Waals surface area contributed by atoms with Crippen LogP contribution in [-0.4, -0.2) is 31.5 Å². The van der Waals surface area contributed by atoms with E-state index in [0.717, 1.165) is 22.9 Å². The van der Waals surface area contributed by atoms with Crippen molar-refractivity contribution < 1.29 is 19.3 Å². The van der Waals surface area contributed by atoms with E-state index in [0.29, 0.717) is 37.9 Å². The van der Waals surface area contributed by atoms with Gasteiger partial charge in [0, 0.05) is 17.7 Å². The Morgan fingerprint density at radius 1 is 1.19 bits per heavy atom.